The lowest BCUT2D eigenvalue weighted by Gasteiger charge is -2.17. The molecule has 0 aliphatic heterocycles. The first-order valence-electron chi connectivity index (χ1n) is 6.74. The van der Waals surface area contributed by atoms with Crippen LogP contribution in [0.1, 0.15) is 32.3 Å². The minimum absolute atomic E-state index is 0.601. The molecular formula is C15H25BrN2. The molecule has 0 aliphatic carbocycles. The number of unbranched alkanes of at least 4 members (excludes halogenated alkanes) is 1. The van der Waals surface area contributed by atoms with Gasteiger partial charge in [-0.2, -0.15) is 0 Å². The molecule has 1 aromatic carbocycles. The predicted molar refractivity (Wildman–Crippen MR) is 82.8 cm³/mol. The second kappa shape index (κ2) is 8.68. The molecule has 0 radical (unpaired) electrons. The molecule has 2 nitrogen and oxygen atoms in total. The zero-order valence-corrected chi connectivity index (χ0v) is 13.3. The summed E-state index contributed by atoms with van der Waals surface area (Å²) >= 11 is 3.51. The molecular weight excluding hydrogens is 288 g/mol. The molecule has 0 aromatic heterocycles. The number of hydrogen-bond acceptors (Lipinski definition) is 2. The average molecular weight is 313 g/mol. The van der Waals surface area contributed by atoms with Crippen LogP contribution in [0.25, 0.3) is 0 Å². The molecule has 0 aliphatic rings. The Balaban J connectivity index is 2.16. The summed E-state index contributed by atoms with van der Waals surface area (Å²) in [6.45, 7) is 7.70. The van der Waals surface area contributed by atoms with Gasteiger partial charge >= 0.3 is 0 Å². The zero-order valence-electron chi connectivity index (χ0n) is 11.7. The van der Waals surface area contributed by atoms with Crippen molar-refractivity contribution in [1.82, 2.24) is 10.2 Å². The molecule has 1 rings (SSSR count). The van der Waals surface area contributed by atoms with Crippen LogP contribution in [0.15, 0.2) is 28.7 Å². The molecule has 0 amide bonds. The first-order valence-corrected chi connectivity index (χ1v) is 7.53. The predicted octanol–water partition coefficient (Wildman–Crippen LogP) is 3.66. The average Bonchev–Trinajstić information content (AvgIpc) is 2.28. The Kier molecular flexibility index (Phi) is 7.56. The molecule has 0 spiro atoms. The van der Waals surface area contributed by atoms with E-state index in [2.05, 4.69) is 71.3 Å². The van der Waals surface area contributed by atoms with E-state index in [-0.39, 0.29) is 0 Å². The van der Waals surface area contributed by atoms with Gasteiger partial charge in [0.15, 0.2) is 0 Å². The third kappa shape index (κ3) is 7.14. The van der Waals surface area contributed by atoms with Gasteiger partial charge in [-0.3, -0.25) is 0 Å². The molecule has 3 heteroatoms. The summed E-state index contributed by atoms with van der Waals surface area (Å²) < 4.78 is 1.16. The van der Waals surface area contributed by atoms with Crippen molar-refractivity contribution in [2.75, 3.05) is 20.1 Å². The summed E-state index contributed by atoms with van der Waals surface area (Å²) in [6.07, 6.45) is 2.51. The molecule has 0 saturated heterocycles. The lowest BCUT2D eigenvalue weighted by molar-refractivity contribution is 0.317. The van der Waals surface area contributed by atoms with E-state index in [0.29, 0.717) is 6.04 Å². The largest absolute Gasteiger partial charge is 0.315 e. The smallest absolute Gasteiger partial charge is 0.0231 e. The van der Waals surface area contributed by atoms with Crippen molar-refractivity contribution in [1.29, 1.82) is 0 Å². The Labute approximate surface area is 120 Å². The lowest BCUT2D eigenvalue weighted by atomic mass is 10.2. The summed E-state index contributed by atoms with van der Waals surface area (Å²) in [5.41, 5.74) is 1.37. The lowest BCUT2D eigenvalue weighted by Crippen LogP contribution is -2.25. The van der Waals surface area contributed by atoms with Crippen LogP contribution in [0, 0.1) is 0 Å². The van der Waals surface area contributed by atoms with Crippen molar-refractivity contribution in [3.63, 3.8) is 0 Å². The summed E-state index contributed by atoms with van der Waals surface area (Å²) in [5, 5.41) is 3.45. The minimum atomic E-state index is 0.601. The highest BCUT2D eigenvalue weighted by Crippen LogP contribution is 2.13. The van der Waals surface area contributed by atoms with Crippen molar-refractivity contribution in [3.05, 3.63) is 34.3 Å². The maximum atomic E-state index is 3.51. The normalized spacial score (nSPS) is 11.4. The second-order valence-corrected chi connectivity index (χ2v) is 6.10. The number of nitrogens with zero attached hydrogens (tertiary/aromatic N) is 1. The van der Waals surface area contributed by atoms with Gasteiger partial charge in [-0.05, 0) is 50.7 Å². The Morgan fingerprint density at radius 3 is 2.72 bits per heavy atom. The number of hydrogen-bond donors (Lipinski definition) is 1. The number of rotatable bonds is 8. The van der Waals surface area contributed by atoms with Crippen LogP contribution in [-0.2, 0) is 6.54 Å². The number of halogens is 1. The summed E-state index contributed by atoms with van der Waals surface area (Å²) in [4.78, 5) is 2.39. The van der Waals surface area contributed by atoms with E-state index in [0.717, 1.165) is 24.1 Å². The topological polar surface area (TPSA) is 15.3 Å². The van der Waals surface area contributed by atoms with Gasteiger partial charge in [-0.1, -0.05) is 41.9 Å². The molecule has 102 valence electrons. The first kappa shape index (κ1) is 15.7. The van der Waals surface area contributed by atoms with Crippen LogP contribution in [0.3, 0.4) is 0 Å². The second-order valence-electron chi connectivity index (χ2n) is 5.18. The van der Waals surface area contributed by atoms with Crippen LogP contribution in [0.5, 0.6) is 0 Å². The molecule has 0 bridgehead atoms. The molecule has 0 unspecified atom stereocenters. The van der Waals surface area contributed by atoms with Crippen molar-refractivity contribution in [2.24, 2.45) is 0 Å². The van der Waals surface area contributed by atoms with Crippen molar-refractivity contribution in [3.8, 4) is 0 Å². The maximum Gasteiger partial charge on any atom is 0.0231 e. The van der Waals surface area contributed by atoms with Crippen molar-refractivity contribution >= 4 is 15.9 Å². The summed E-state index contributed by atoms with van der Waals surface area (Å²) in [6, 6.07) is 9.14. The molecule has 0 heterocycles. The highest BCUT2D eigenvalue weighted by atomic mass is 79.9. The fourth-order valence-corrected chi connectivity index (χ4v) is 2.37. The minimum Gasteiger partial charge on any atom is -0.315 e. The van der Waals surface area contributed by atoms with Gasteiger partial charge in [0, 0.05) is 17.1 Å². The van der Waals surface area contributed by atoms with E-state index >= 15 is 0 Å². The Morgan fingerprint density at radius 2 is 2.06 bits per heavy atom. The maximum absolute atomic E-state index is 3.51. The van der Waals surface area contributed by atoms with Crippen LogP contribution in [0.4, 0.5) is 0 Å². The highest BCUT2D eigenvalue weighted by molar-refractivity contribution is 9.10. The fraction of sp³-hybridized carbons (Fsp3) is 0.600. The van der Waals surface area contributed by atoms with Crippen LogP contribution < -0.4 is 5.32 Å². The highest BCUT2D eigenvalue weighted by Gasteiger charge is 2.01. The van der Waals surface area contributed by atoms with Gasteiger partial charge in [0.25, 0.3) is 0 Å². The Bertz CT molecular complexity index is 339. The van der Waals surface area contributed by atoms with Gasteiger partial charge in [0.1, 0.15) is 0 Å². The van der Waals surface area contributed by atoms with E-state index in [4.69, 9.17) is 0 Å². The third-order valence-electron chi connectivity index (χ3n) is 2.86. The Hall–Kier alpha value is -0.380. The zero-order chi connectivity index (χ0) is 13.4. The molecule has 0 saturated carbocycles. The SMILES string of the molecule is CC(C)NCCCCN(C)Cc1cccc(Br)c1. The van der Waals surface area contributed by atoms with E-state index in [1.54, 1.807) is 0 Å². The van der Waals surface area contributed by atoms with Crippen LogP contribution in [0.2, 0.25) is 0 Å². The molecule has 1 N–H and O–H groups in total. The molecule has 18 heavy (non-hydrogen) atoms. The molecule has 0 fully saturated rings. The molecule has 1 aromatic rings. The van der Waals surface area contributed by atoms with Gasteiger partial charge in [-0.15, -0.1) is 0 Å². The quantitative estimate of drug-likeness (QED) is 0.737. The summed E-state index contributed by atoms with van der Waals surface area (Å²) in [7, 11) is 2.19. The van der Waals surface area contributed by atoms with Crippen molar-refractivity contribution < 1.29 is 0 Å². The van der Waals surface area contributed by atoms with Gasteiger partial charge in [0.05, 0.1) is 0 Å². The number of benzene rings is 1. The van der Waals surface area contributed by atoms with Crippen LogP contribution >= 0.6 is 15.9 Å². The first-order chi connectivity index (χ1) is 8.58. The molecule has 0 atom stereocenters. The van der Waals surface area contributed by atoms with Crippen molar-refractivity contribution in [2.45, 2.75) is 39.3 Å². The van der Waals surface area contributed by atoms with Crippen LogP contribution in [-0.4, -0.2) is 31.1 Å². The third-order valence-corrected chi connectivity index (χ3v) is 3.35. The van der Waals surface area contributed by atoms with E-state index < -0.39 is 0 Å². The fourth-order valence-electron chi connectivity index (χ4n) is 1.92. The monoisotopic (exact) mass is 312 g/mol. The number of nitrogens with one attached hydrogen (secondary N) is 1. The van der Waals surface area contributed by atoms with Gasteiger partial charge in [-0.25, -0.2) is 0 Å². The standard InChI is InChI=1S/C15H25BrN2/c1-13(2)17-9-4-5-10-18(3)12-14-7-6-8-15(16)11-14/h6-8,11,13,17H,4-5,9-10,12H2,1-3H3. The Morgan fingerprint density at radius 1 is 1.28 bits per heavy atom. The summed E-state index contributed by atoms with van der Waals surface area (Å²) in [5.74, 6) is 0. The van der Waals surface area contributed by atoms with Gasteiger partial charge < -0.3 is 10.2 Å². The van der Waals surface area contributed by atoms with E-state index in [9.17, 15) is 0 Å². The van der Waals surface area contributed by atoms with Gasteiger partial charge in [0.2, 0.25) is 0 Å². The van der Waals surface area contributed by atoms with E-state index in [1.165, 1.54) is 18.4 Å². The van der Waals surface area contributed by atoms with E-state index in [1.807, 2.05) is 0 Å².